The lowest BCUT2D eigenvalue weighted by Crippen LogP contribution is -2.74. The molecule has 8 aromatic rings. The van der Waals surface area contributed by atoms with Gasteiger partial charge < -0.3 is 4.57 Å². The molecule has 1 nitrogen and oxygen atoms in total. The van der Waals surface area contributed by atoms with Crippen molar-refractivity contribution in [2.24, 2.45) is 0 Å². The highest BCUT2D eigenvalue weighted by molar-refractivity contribution is 9.10. The van der Waals surface area contributed by atoms with Crippen LogP contribution in [0.2, 0.25) is 0 Å². The first-order chi connectivity index (χ1) is 34.7. The maximum Gasteiger partial charge on any atom is 0.179 e. The van der Waals surface area contributed by atoms with Crippen molar-refractivity contribution in [3.63, 3.8) is 0 Å². The molecule has 0 spiro atoms. The lowest BCUT2D eigenvalue weighted by molar-refractivity contribution is 1.18. The van der Waals surface area contributed by atoms with E-state index in [2.05, 4.69) is 15.9 Å². The van der Waals surface area contributed by atoms with Crippen LogP contribution in [0.15, 0.2) is 186 Å². The largest absolute Gasteiger partial charge is 0.309 e. The minimum Gasteiger partial charge on any atom is -0.309 e. The Kier molecular flexibility index (Phi) is 2.63. The van der Waals surface area contributed by atoms with E-state index in [0.717, 1.165) is 0 Å². The summed E-state index contributed by atoms with van der Waals surface area (Å²) in [6.07, 6.45) is 0. The van der Waals surface area contributed by atoms with Crippen LogP contribution in [0.4, 0.5) is 0 Å². The maximum atomic E-state index is 10.3. The fourth-order valence-corrected chi connectivity index (χ4v) is 9.10. The average molecular weight is 687 g/mol. The van der Waals surface area contributed by atoms with E-state index < -0.39 is 253 Å². The molecular weight excluding hydrogens is 626 g/mol. The molecule has 0 saturated heterocycles. The minimum absolute atomic E-state index is 0.559. The van der Waals surface area contributed by atoms with Crippen LogP contribution in [0.25, 0.3) is 38.6 Å². The molecule has 0 N–H and O–H groups in total. The summed E-state index contributed by atoms with van der Waals surface area (Å²) >= 11 is 3.04. The van der Waals surface area contributed by atoms with Gasteiger partial charge in [0.25, 0.3) is 0 Å². The first kappa shape index (κ1) is 10.3. The Morgan fingerprint density at radius 1 is 0.422 bits per heavy atom. The Hall–Kier alpha value is -4.96. The van der Waals surface area contributed by atoms with Gasteiger partial charge in [0.2, 0.25) is 0 Å². The molecular formula is C42H30BrNSi. The van der Waals surface area contributed by atoms with Gasteiger partial charge in [0.05, 0.1) is 52.2 Å². The van der Waals surface area contributed by atoms with Crippen LogP contribution in [-0.2, 0) is 0 Å². The van der Waals surface area contributed by atoms with Crippen LogP contribution in [0.5, 0.6) is 0 Å². The molecule has 0 fully saturated rings. The molecule has 0 bridgehead atoms. The van der Waals surface area contributed by atoms with Gasteiger partial charge >= 0.3 is 0 Å². The van der Waals surface area contributed by atoms with Crippen LogP contribution in [-0.4, -0.2) is 12.6 Å². The van der Waals surface area contributed by atoms with E-state index in [1.165, 1.54) is 0 Å². The second-order valence-corrected chi connectivity index (χ2v) is 13.5. The molecule has 1 heterocycles. The molecule has 0 aliphatic carbocycles. The molecule has 214 valence electrons. The number of nitrogens with zero attached hydrogens (tertiary/aromatic N) is 1. The van der Waals surface area contributed by atoms with Crippen molar-refractivity contribution in [3.8, 4) is 16.8 Å². The molecule has 7 aromatic carbocycles. The Labute approximate surface area is 315 Å². The molecule has 8 rings (SSSR count). The van der Waals surface area contributed by atoms with E-state index >= 15 is 0 Å². The molecule has 45 heavy (non-hydrogen) atoms. The normalized spacial score (nSPS) is 21.0. The zero-order valence-corrected chi connectivity index (χ0v) is 24.9. The van der Waals surface area contributed by atoms with E-state index in [1.54, 1.807) is 0 Å². The number of halogens is 1. The van der Waals surface area contributed by atoms with E-state index in [0.29, 0.717) is 4.57 Å². The van der Waals surface area contributed by atoms with Crippen LogP contribution in [0.3, 0.4) is 0 Å². The lowest BCUT2D eigenvalue weighted by atomic mass is 10.0. The van der Waals surface area contributed by atoms with E-state index in [4.69, 9.17) is 21.9 Å². The number of para-hydroxylation sites is 1. The summed E-state index contributed by atoms with van der Waals surface area (Å²) in [5.41, 5.74) is -4.39. The highest BCUT2D eigenvalue weighted by Crippen LogP contribution is 2.34. The zero-order chi connectivity index (χ0) is 56.3. The molecule has 0 aliphatic heterocycles. The maximum absolute atomic E-state index is 10.3. The standard InChI is InChI=1S/C42H30BrNSi/c43-33-16-12-22-37(29-33)45(35-18-6-2-7-19-35,36-20-8-3-9-21-36)38-23-13-17-34(30-38)44-41-25-11-10-24-39(41)40-28-32(26-27-42(40)44)31-14-4-1-5-15-31/h1-30H/i1D,2D,3D,4D,5D,6D,7D,8D,9D,10D,11D,12D,13D,14D,15D,16D,17D,18D,19D,20D,21D,22D,23D,24D,25D,26D,27D,28D,29D,30D. The number of aromatic nitrogens is 1. The third-order valence-corrected chi connectivity index (χ3v) is 11.2. The van der Waals surface area contributed by atoms with Gasteiger partial charge in [-0.2, -0.15) is 0 Å². The third kappa shape index (κ3) is 4.67. The zero-order valence-electron chi connectivity index (χ0n) is 52.3. The first-order valence-corrected chi connectivity index (χ1v) is 15.7. The number of hydrogen-bond donors (Lipinski definition) is 0. The molecule has 0 atom stereocenters. The van der Waals surface area contributed by atoms with Crippen LogP contribution in [0, 0.1) is 0 Å². The fourth-order valence-electron chi connectivity index (χ4n) is 5.00. The van der Waals surface area contributed by atoms with Gasteiger partial charge in [-0.1, -0.05) is 155 Å². The van der Waals surface area contributed by atoms with Crippen molar-refractivity contribution >= 4 is 66.6 Å². The summed E-state index contributed by atoms with van der Waals surface area (Å²) in [4.78, 5) is 0. The summed E-state index contributed by atoms with van der Waals surface area (Å²) in [7, 11) is -6.37. The van der Waals surface area contributed by atoms with E-state index in [1.807, 2.05) is 0 Å². The predicted molar refractivity (Wildman–Crippen MR) is 198 cm³/mol. The predicted octanol–water partition coefficient (Wildman–Crippen LogP) is 8.59. The highest BCUT2D eigenvalue weighted by Gasteiger charge is 2.41. The monoisotopic (exact) mass is 685 g/mol. The van der Waals surface area contributed by atoms with Crippen LogP contribution >= 0.6 is 15.9 Å². The molecule has 0 saturated carbocycles. The molecule has 0 radical (unpaired) electrons. The number of fused-ring (bicyclic) bond motifs is 3. The Balaban J connectivity index is 1.80. The van der Waals surface area contributed by atoms with Crippen molar-refractivity contribution < 1.29 is 41.1 Å². The molecule has 0 aliphatic rings. The van der Waals surface area contributed by atoms with Gasteiger partial charge in [0.1, 0.15) is 0 Å². The summed E-state index contributed by atoms with van der Waals surface area (Å²) < 4.78 is 272. The van der Waals surface area contributed by atoms with E-state index in [-0.39, 0.29) is 0 Å². The van der Waals surface area contributed by atoms with Crippen molar-refractivity contribution in [1.29, 1.82) is 0 Å². The quantitative estimate of drug-likeness (QED) is 0.122. The Bertz CT molecular complexity index is 3700. The SMILES string of the molecule is [2H]c1c([2H])c([2H])c(-c2c([2H])c([2H])c3c(c2[2H])c2c([2H])c([2H])c([2H])c([2H])c2n3-c2c([2H])c([2H])c([2H])c([Si](c3c([2H])c([2H])c([2H])c([2H])c3[2H])(c3c([2H])c([2H])c([2H])c([2H])c3[2H])c3c([2H])c([2H])c([2H])c(Br)c3[2H])c2[2H])c([2H])c1[2H]. The van der Waals surface area contributed by atoms with Gasteiger partial charge in [-0.15, -0.1) is 0 Å². The summed E-state index contributed by atoms with van der Waals surface area (Å²) in [5.74, 6) is 0. The minimum atomic E-state index is -6.37. The summed E-state index contributed by atoms with van der Waals surface area (Å²) in [6, 6.07) is -33.3. The number of rotatable bonds is 6. The highest BCUT2D eigenvalue weighted by atomic mass is 79.9. The Morgan fingerprint density at radius 2 is 0.978 bits per heavy atom. The van der Waals surface area contributed by atoms with Gasteiger partial charge in [-0.25, -0.2) is 0 Å². The molecule has 1 aromatic heterocycles. The third-order valence-electron chi connectivity index (χ3n) is 6.84. The van der Waals surface area contributed by atoms with E-state index in [9.17, 15) is 19.2 Å². The topological polar surface area (TPSA) is 4.93 Å². The second kappa shape index (κ2) is 11.5. The van der Waals surface area contributed by atoms with Crippen molar-refractivity contribution in [3.05, 3.63) is 186 Å². The van der Waals surface area contributed by atoms with Crippen molar-refractivity contribution in [1.82, 2.24) is 4.57 Å². The van der Waals surface area contributed by atoms with Crippen LogP contribution in [0.1, 0.15) is 41.1 Å². The smallest absolute Gasteiger partial charge is 0.179 e. The average Bonchev–Trinajstić information content (AvgIpc) is 3.73. The van der Waals surface area contributed by atoms with Gasteiger partial charge in [-0.05, 0) is 74.2 Å². The Morgan fingerprint density at radius 3 is 1.69 bits per heavy atom. The number of benzene rings is 7. The second-order valence-electron chi connectivity index (χ2n) is 9.20. The molecule has 0 amide bonds. The van der Waals surface area contributed by atoms with Crippen molar-refractivity contribution in [2.75, 3.05) is 0 Å². The number of hydrogen-bond acceptors (Lipinski definition) is 0. The van der Waals surface area contributed by atoms with Gasteiger partial charge in [-0.3, -0.25) is 0 Å². The van der Waals surface area contributed by atoms with Crippen LogP contribution < -0.4 is 20.7 Å². The van der Waals surface area contributed by atoms with Gasteiger partial charge in [0, 0.05) is 20.9 Å². The molecule has 3 heteroatoms. The lowest BCUT2D eigenvalue weighted by Gasteiger charge is -2.35. The summed E-state index contributed by atoms with van der Waals surface area (Å²) in [6.45, 7) is 0. The fraction of sp³-hybridized carbons (Fsp3) is 0. The van der Waals surface area contributed by atoms with Gasteiger partial charge in [0.15, 0.2) is 8.07 Å². The first-order valence-electron chi connectivity index (χ1n) is 27.9. The molecule has 0 unspecified atom stereocenters. The summed E-state index contributed by atoms with van der Waals surface area (Å²) in [5, 5.41) is -5.93. The van der Waals surface area contributed by atoms with Crippen molar-refractivity contribution in [2.45, 2.75) is 0 Å².